The molecule has 0 saturated carbocycles. The summed E-state index contributed by atoms with van der Waals surface area (Å²) in [5.41, 5.74) is 0. The van der Waals surface area contributed by atoms with Gasteiger partial charge in [0.1, 0.15) is 11.6 Å². The second-order valence-electron chi connectivity index (χ2n) is 2.55. The molecular formula is C8H7F4NO. The summed E-state index contributed by atoms with van der Waals surface area (Å²) in [5.74, 6) is -0.649. The number of aromatic nitrogens is 1. The SMILES string of the molecule is Fc1cncc(OCCC(F)(F)F)c1. The summed E-state index contributed by atoms with van der Waals surface area (Å²) in [7, 11) is 0. The normalized spacial score (nSPS) is 11.4. The zero-order chi connectivity index (χ0) is 10.6. The lowest BCUT2D eigenvalue weighted by molar-refractivity contribution is -0.139. The van der Waals surface area contributed by atoms with Crippen LogP contribution in [0.3, 0.4) is 0 Å². The van der Waals surface area contributed by atoms with E-state index in [0.717, 1.165) is 18.5 Å². The molecule has 0 unspecified atom stereocenters. The summed E-state index contributed by atoms with van der Waals surface area (Å²) < 4.78 is 52.1. The van der Waals surface area contributed by atoms with Gasteiger partial charge in [-0.05, 0) is 0 Å². The Kier molecular flexibility index (Phi) is 3.27. The number of halogens is 4. The van der Waals surface area contributed by atoms with Crippen molar-refractivity contribution in [2.75, 3.05) is 6.61 Å². The third kappa shape index (κ3) is 4.06. The molecule has 0 aliphatic rings. The van der Waals surface area contributed by atoms with Crippen molar-refractivity contribution in [3.8, 4) is 5.75 Å². The lowest BCUT2D eigenvalue weighted by atomic mass is 10.4. The fourth-order valence-corrected chi connectivity index (χ4v) is 0.756. The number of ether oxygens (including phenoxy) is 1. The molecule has 1 aromatic heterocycles. The van der Waals surface area contributed by atoms with Crippen molar-refractivity contribution in [1.82, 2.24) is 4.98 Å². The van der Waals surface area contributed by atoms with Gasteiger partial charge >= 0.3 is 6.18 Å². The summed E-state index contributed by atoms with van der Waals surface area (Å²) in [4.78, 5) is 3.42. The second-order valence-corrected chi connectivity index (χ2v) is 2.55. The monoisotopic (exact) mass is 209 g/mol. The molecule has 0 amide bonds. The van der Waals surface area contributed by atoms with Crippen LogP contribution in [0.15, 0.2) is 18.5 Å². The first-order valence-electron chi connectivity index (χ1n) is 3.77. The number of alkyl halides is 3. The first kappa shape index (κ1) is 10.7. The van der Waals surface area contributed by atoms with E-state index in [4.69, 9.17) is 0 Å². The maximum absolute atomic E-state index is 12.5. The smallest absolute Gasteiger partial charge is 0.392 e. The molecule has 78 valence electrons. The van der Waals surface area contributed by atoms with Gasteiger partial charge in [-0.15, -0.1) is 0 Å². The number of nitrogens with zero attached hydrogens (tertiary/aromatic N) is 1. The number of pyridine rings is 1. The van der Waals surface area contributed by atoms with E-state index in [1.807, 2.05) is 0 Å². The highest BCUT2D eigenvalue weighted by Gasteiger charge is 2.26. The number of hydrogen-bond acceptors (Lipinski definition) is 2. The van der Waals surface area contributed by atoms with E-state index in [0.29, 0.717) is 0 Å². The van der Waals surface area contributed by atoms with Crippen LogP contribution in [-0.2, 0) is 0 Å². The molecule has 0 N–H and O–H groups in total. The van der Waals surface area contributed by atoms with Crippen LogP contribution in [0.4, 0.5) is 17.6 Å². The average Bonchev–Trinajstić information content (AvgIpc) is 2.01. The number of hydrogen-bond donors (Lipinski definition) is 0. The van der Waals surface area contributed by atoms with Crippen molar-refractivity contribution in [3.63, 3.8) is 0 Å². The molecule has 1 heterocycles. The molecule has 0 aliphatic carbocycles. The largest absolute Gasteiger partial charge is 0.492 e. The quantitative estimate of drug-likeness (QED) is 0.713. The van der Waals surface area contributed by atoms with Crippen LogP contribution in [0.25, 0.3) is 0 Å². The zero-order valence-electron chi connectivity index (χ0n) is 7.01. The molecule has 6 heteroatoms. The Bertz CT molecular complexity index is 300. The standard InChI is InChI=1S/C8H7F4NO/c9-6-3-7(5-13-4-6)14-2-1-8(10,11)12/h3-5H,1-2H2. The van der Waals surface area contributed by atoms with Crippen LogP contribution in [0.5, 0.6) is 5.75 Å². The van der Waals surface area contributed by atoms with E-state index >= 15 is 0 Å². The van der Waals surface area contributed by atoms with Crippen LogP contribution in [0.1, 0.15) is 6.42 Å². The van der Waals surface area contributed by atoms with E-state index in [1.165, 1.54) is 0 Å². The van der Waals surface area contributed by atoms with Gasteiger partial charge in [-0.25, -0.2) is 4.39 Å². The third-order valence-corrected chi connectivity index (χ3v) is 1.33. The Hall–Kier alpha value is -1.33. The topological polar surface area (TPSA) is 22.1 Å². The van der Waals surface area contributed by atoms with Crippen molar-refractivity contribution in [1.29, 1.82) is 0 Å². The van der Waals surface area contributed by atoms with E-state index < -0.39 is 25.0 Å². The lowest BCUT2D eigenvalue weighted by Crippen LogP contribution is -2.13. The molecule has 1 rings (SSSR count). The maximum atomic E-state index is 12.5. The maximum Gasteiger partial charge on any atom is 0.392 e. The molecule has 14 heavy (non-hydrogen) atoms. The fraction of sp³-hybridized carbons (Fsp3) is 0.375. The van der Waals surface area contributed by atoms with Gasteiger partial charge in [0.15, 0.2) is 0 Å². The molecule has 0 radical (unpaired) electrons. The molecular weight excluding hydrogens is 202 g/mol. The van der Waals surface area contributed by atoms with Crippen LogP contribution >= 0.6 is 0 Å². The molecule has 0 saturated heterocycles. The Labute approximate surface area is 77.5 Å². The molecule has 0 aliphatic heterocycles. The van der Waals surface area contributed by atoms with Gasteiger partial charge in [0.2, 0.25) is 0 Å². The number of rotatable bonds is 3. The van der Waals surface area contributed by atoms with Gasteiger partial charge in [0.25, 0.3) is 0 Å². The van der Waals surface area contributed by atoms with Crippen molar-refractivity contribution in [2.45, 2.75) is 12.6 Å². The van der Waals surface area contributed by atoms with Gasteiger partial charge in [0.05, 0.1) is 25.4 Å². The summed E-state index contributed by atoms with van der Waals surface area (Å²) in [6, 6.07) is 0.976. The minimum Gasteiger partial charge on any atom is -0.492 e. The summed E-state index contributed by atoms with van der Waals surface area (Å²) in [6.45, 7) is -0.533. The molecule has 2 nitrogen and oxygen atoms in total. The van der Waals surface area contributed by atoms with Crippen molar-refractivity contribution in [2.24, 2.45) is 0 Å². The second kappa shape index (κ2) is 4.26. The predicted molar refractivity (Wildman–Crippen MR) is 40.4 cm³/mol. The summed E-state index contributed by atoms with van der Waals surface area (Å²) >= 11 is 0. The fourth-order valence-electron chi connectivity index (χ4n) is 0.756. The highest BCUT2D eigenvalue weighted by molar-refractivity contribution is 5.16. The Morgan fingerprint density at radius 2 is 2.00 bits per heavy atom. The predicted octanol–water partition coefficient (Wildman–Crippen LogP) is 2.55. The van der Waals surface area contributed by atoms with Gasteiger partial charge in [0, 0.05) is 6.07 Å². The molecule has 0 atom stereocenters. The van der Waals surface area contributed by atoms with Crippen molar-refractivity contribution >= 4 is 0 Å². The van der Waals surface area contributed by atoms with Crippen molar-refractivity contribution in [3.05, 3.63) is 24.3 Å². The van der Waals surface area contributed by atoms with Gasteiger partial charge < -0.3 is 4.74 Å². The van der Waals surface area contributed by atoms with Gasteiger partial charge in [-0.1, -0.05) is 0 Å². The molecule has 0 aromatic carbocycles. The van der Waals surface area contributed by atoms with Gasteiger partial charge in [-0.3, -0.25) is 4.98 Å². The van der Waals surface area contributed by atoms with E-state index in [1.54, 1.807) is 0 Å². The average molecular weight is 209 g/mol. The Balaban J connectivity index is 2.39. The van der Waals surface area contributed by atoms with E-state index in [9.17, 15) is 17.6 Å². The molecule has 1 aromatic rings. The van der Waals surface area contributed by atoms with Gasteiger partial charge in [-0.2, -0.15) is 13.2 Å². The van der Waals surface area contributed by atoms with Crippen LogP contribution in [-0.4, -0.2) is 17.8 Å². The molecule has 0 bridgehead atoms. The molecule has 0 spiro atoms. The van der Waals surface area contributed by atoms with E-state index in [-0.39, 0.29) is 5.75 Å². The first-order chi connectivity index (χ1) is 6.47. The van der Waals surface area contributed by atoms with Crippen LogP contribution in [0, 0.1) is 5.82 Å². The minimum absolute atomic E-state index is 0.00532. The van der Waals surface area contributed by atoms with Crippen molar-refractivity contribution < 1.29 is 22.3 Å². The molecule has 0 fully saturated rings. The van der Waals surface area contributed by atoms with E-state index in [2.05, 4.69) is 9.72 Å². The third-order valence-electron chi connectivity index (χ3n) is 1.33. The Morgan fingerprint density at radius 1 is 1.29 bits per heavy atom. The highest BCUT2D eigenvalue weighted by atomic mass is 19.4. The highest BCUT2D eigenvalue weighted by Crippen LogP contribution is 2.20. The Morgan fingerprint density at radius 3 is 2.57 bits per heavy atom. The minimum atomic E-state index is -4.26. The first-order valence-corrected chi connectivity index (χ1v) is 3.77. The van der Waals surface area contributed by atoms with Crippen LogP contribution in [0.2, 0.25) is 0 Å². The van der Waals surface area contributed by atoms with Crippen LogP contribution < -0.4 is 4.74 Å². The lowest BCUT2D eigenvalue weighted by Gasteiger charge is -2.07. The zero-order valence-corrected chi connectivity index (χ0v) is 7.01. The summed E-state index contributed by atoms with van der Waals surface area (Å²) in [5, 5.41) is 0. The summed E-state index contributed by atoms with van der Waals surface area (Å²) in [6.07, 6.45) is -3.24.